The third-order valence-electron chi connectivity index (χ3n) is 5.49. The molecule has 0 atom stereocenters. The summed E-state index contributed by atoms with van der Waals surface area (Å²) < 4.78 is 90.4. The summed E-state index contributed by atoms with van der Waals surface area (Å²) in [5.74, 6) is -0.808. The highest BCUT2D eigenvalue weighted by Gasteiger charge is 2.33. The van der Waals surface area contributed by atoms with Crippen molar-refractivity contribution >= 4 is 0 Å². The van der Waals surface area contributed by atoms with Crippen molar-refractivity contribution in [1.29, 1.82) is 0 Å². The van der Waals surface area contributed by atoms with Crippen molar-refractivity contribution in [2.24, 2.45) is 0 Å². The average molecular weight is 523 g/mol. The predicted molar refractivity (Wildman–Crippen MR) is 130 cm³/mol. The Morgan fingerprint density at radius 2 is 1.14 bits per heavy atom. The van der Waals surface area contributed by atoms with E-state index in [2.05, 4.69) is 11.5 Å². The lowest BCUT2D eigenvalue weighted by Gasteiger charge is -2.21. The highest BCUT2D eigenvalue weighted by Crippen LogP contribution is 2.34. The number of hydrogen-bond acceptors (Lipinski definition) is 0. The second kappa shape index (κ2) is 12.0. The summed E-state index contributed by atoms with van der Waals surface area (Å²) in [6, 6.07) is 6.85. The maximum atomic E-state index is 13.4. The smallest absolute Gasteiger partial charge is 0.416 e. The molecule has 1 nitrogen and oxygen atoms in total. The first kappa shape index (κ1) is 31.9. The fourth-order valence-corrected chi connectivity index (χ4v) is 3.39. The van der Waals surface area contributed by atoms with Gasteiger partial charge in [-0.05, 0) is 53.1 Å². The van der Waals surface area contributed by atoms with Crippen molar-refractivity contribution in [2.45, 2.75) is 84.5 Å². The normalized spacial score (nSPS) is 15.1. The van der Waals surface area contributed by atoms with Crippen LogP contribution in [0.25, 0.3) is 0 Å². The Labute approximate surface area is 210 Å². The van der Waals surface area contributed by atoms with E-state index in [1.54, 1.807) is 33.8 Å². The monoisotopic (exact) mass is 522 g/mol. The maximum Gasteiger partial charge on any atom is 0.416 e. The standard InChI is InChI=1S/C12H15F3.C11H12F4.C5H10O/c1-8-5-9(11(2,3)4)7-10(6-8)12(13,14)15;1-10(2,3)8-5-4-7(6-9(8)12)11(13,14)15;1-6-4-2-3-5-6/h5-7H,1-4H3;4-6H,1-3H3;1-5H2. The van der Waals surface area contributed by atoms with E-state index in [0.29, 0.717) is 11.6 Å². The lowest BCUT2D eigenvalue weighted by molar-refractivity contribution is -0.138. The molecule has 0 aromatic heterocycles. The van der Waals surface area contributed by atoms with Crippen molar-refractivity contribution < 1.29 is 35.1 Å². The predicted octanol–water partition coefficient (Wildman–Crippen LogP) is 9.58. The van der Waals surface area contributed by atoms with Gasteiger partial charge in [0.1, 0.15) is 19.0 Å². The molecule has 0 unspecified atom stereocenters. The molecule has 1 saturated heterocycles. The van der Waals surface area contributed by atoms with Crippen LogP contribution in [-0.4, -0.2) is 13.2 Å². The van der Waals surface area contributed by atoms with E-state index >= 15 is 0 Å². The summed E-state index contributed by atoms with van der Waals surface area (Å²) in [4.78, 5) is 0. The number of benzene rings is 2. The Morgan fingerprint density at radius 1 is 0.667 bits per heavy atom. The molecule has 1 fully saturated rings. The molecule has 1 heterocycles. The molecule has 3 rings (SSSR count). The molecule has 0 bridgehead atoms. The third kappa shape index (κ3) is 10.5. The topological polar surface area (TPSA) is 2.70 Å². The summed E-state index contributed by atoms with van der Waals surface area (Å²) in [6.45, 7) is 14.9. The highest BCUT2D eigenvalue weighted by molar-refractivity contribution is 5.35. The molecule has 8 heteroatoms. The number of halogens is 7. The first-order chi connectivity index (χ1) is 16.1. The molecule has 204 valence electrons. The van der Waals surface area contributed by atoms with Crippen LogP contribution in [0.15, 0.2) is 36.4 Å². The van der Waals surface area contributed by atoms with Crippen LogP contribution in [0.1, 0.15) is 82.2 Å². The van der Waals surface area contributed by atoms with Crippen LogP contribution >= 0.6 is 0 Å². The SMILES string of the molecule is CC(C)(C)c1ccc(C(F)(F)F)cc1F.Cc1cc(C(C)(C)C)cc(C(F)(F)F)c1.[CH2-][O+]1CCCC1. The van der Waals surface area contributed by atoms with Gasteiger partial charge in [-0.2, -0.15) is 26.3 Å². The number of aryl methyl sites for hydroxylation is 1. The van der Waals surface area contributed by atoms with Gasteiger partial charge in [0.15, 0.2) is 0 Å². The van der Waals surface area contributed by atoms with E-state index in [1.165, 1.54) is 31.0 Å². The van der Waals surface area contributed by atoms with E-state index in [-0.39, 0.29) is 11.0 Å². The van der Waals surface area contributed by atoms with E-state index < -0.39 is 34.7 Å². The van der Waals surface area contributed by atoms with Gasteiger partial charge in [-0.3, -0.25) is 0 Å². The van der Waals surface area contributed by atoms with E-state index in [0.717, 1.165) is 24.8 Å². The van der Waals surface area contributed by atoms with Crippen LogP contribution in [0, 0.1) is 19.9 Å². The summed E-state index contributed by atoms with van der Waals surface area (Å²) in [5.41, 5.74) is -0.610. The molecule has 0 radical (unpaired) electrons. The quantitative estimate of drug-likeness (QED) is 0.184. The molecular formula is C28H37F7O. The van der Waals surface area contributed by atoms with Crippen molar-refractivity contribution in [3.8, 4) is 0 Å². The van der Waals surface area contributed by atoms with Crippen LogP contribution in [0.4, 0.5) is 30.7 Å². The summed E-state index contributed by atoms with van der Waals surface area (Å²) in [6.07, 6.45) is -6.12. The van der Waals surface area contributed by atoms with Gasteiger partial charge >= 0.3 is 12.4 Å². The Bertz CT molecular complexity index is 939. The van der Waals surface area contributed by atoms with Gasteiger partial charge in [0.25, 0.3) is 0 Å². The van der Waals surface area contributed by atoms with Crippen molar-refractivity contribution in [1.82, 2.24) is 0 Å². The van der Waals surface area contributed by atoms with Gasteiger partial charge in [0.05, 0.1) is 11.1 Å². The minimum absolute atomic E-state index is 0.258. The van der Waals surface area contributed by atoms with Gasteiger partial charge in [0.2, 0.25) is 0 Å². The van der Waals surface area contributed by atoms with Crippen LogP contribution < -0.4 is 0 Å². The van der Waals surface area contributed by atoms with E-state index in [1.807, 2.05) is 20.8 Å². The molecule has 0 amide bonds. The van der Waals surface area contributed by atoms with E-state index in [4.69, 9.17) is 0 Å². The second-order valence-electron chi connectivity index (χ2n) is 11.0. The highest BCUT2D eigenvalue weighted by atomic mass is 19.4. The fraction of sp³-hybridized carbons (Fsp3) is 0.536. The zero-order valence-electron chi connectivity index (χ0n) is 22.1. The van der Waals surface area contributed by atoms with Crippen molar-refractivity contribution in [2.75, 3.05) is 13.2 Å². The Kier molecular flexibility index (Phi) is 10.6. The summed E-state index contributed by atoms with van der Waals surface area (Å²) in [5, 5.41) is 0. The van der Waals surface area contributed by atoms with Gasteiger partial charge in [-0.25, -0.2) is 4.39 Å². The zero-order valence-corrected chi connectivity index (χ0v) is 22.1. The first-order valence-electron chi connectivity index (χ1n) is 11.7. The van der Waals surface area contributed by atoms with Gasteiger partial charge in [-0.1, -0.05) is 66.3 Å². The molecule has 1 aliphatic rings. The lowest BCUT2D eigenvalue weighted by atomic mass is 9.85. The number of alkyl halides is 6. The number of rotatable bonds is 0. The molecule has 2 aromatic carbocycles. The minimum Gasteiger partial charge on any atom is -0.570 e. The molecule has 36 heavy (non-hydrogen) atoms. The molecule has 1 aliphatic heterocycles. The first-order valence-corrected chi connectivity index (χ1v) is 11.7. The van der Waals surface area contributed by atoms with Crippen LogP contribution in [-0.2, 0) is 27.5 Å². The van der Waals surface area contributed by atoms with Crippen LogP contribution in [0.3, 0.4) is 0 Å². The molecule has 0 aliphatic carbocycles. The molecule has 0 N–H and O–H groups in total. The Balaban J connectivity index is 0.000000293. The van der Waals surface area contributed by atoms with Gasteiger partial charge < -0.3 is 4.37 Å². The lowest BCUT2D eigenvalue weighted by Crippen LogP contribution is -2.15. The third-order valence-corrected chi connectivity index (χ3v) is 5.49. The summed E-state index contributed by atoms with van der Waals surface area (Å²) in [7, 11) is 3.69. The fourth-order valence-electron chi connectivity index (χ4n) is 3.39. The number of hydrogen-bond donors (Lipinski definition) is 0. The molecule has 0 spiro atoms. The molecular weight excluding hydrogens is 485 g/mol. The average Bonchev–Trinajstić information content (AvgIpc) is 3.16. The van der Waals surface area contributed by atoms with Crippen molar-refractivity contribution in [3.05, 3.63) is 77.1 Å². The zero-order chi connectivity index (χ0) is 28.1. The largest absolute Gasteiger partial charge is 0.570 e. The van der Waals surface area contributed by atoms with Gasteiger partial charge in [-0.15, -0.1) is 0 Å². The Morgan fingerprint density at radius 3 is 1.47 bits per heavy atom. The molecule has 2 aromatic rings. The minimum atomic E-state index is -4.49. The van der Waals surface area contributed by atoms with Crippen LogP contribution in [0.5, 0.6) is 0 Å². The Hall–Kier alpha value is -2.09. The van der Waals surface area contributed by atoms with Crippen LogP contribution in [0.2, 0.25) is 0 Å². The second-order valence-corrected chi connectivity index (χ2v) is 11.0. The summed E-state index contributed by atoms with van der Waals surface area (Å²) >= 11 is 0. The van der Waals surface area contributed by atoms with E-state index in [9.17, 15) is 30.7 Å². The van der Waals surface area contributed by atoms with Crippen molar-refractivity contribution in [3.63, 3.8) is 0 Å². The van der Waals surface area contributed by atoms with Gasteiger partial charge in [0, 0.05) is 12.8 Å². The maximum absolute atomic E-state index is 13.4. The molecule has 0 saturated carbocycles.